The monoisotopic (exact) mass is 311 g/mol. The smallest absolute Gasteiger partial charge is 0.271 e. The zero-order valence-corrected chi connectivity index (χ0v) is 11.9. The maximum atomic E-state index is 12.4. The van der Waals surface area contributed by atoms with Crippen molar-refractivity contribution in [2.24, 2.45) is 0 Å². The first-order valence-electron chi connectivity index (χ1n) is 5.81. The van der Waals surface area contributed by atoms with Crippen LogP contribution in [0.5, 0.6) is 0 Å². The Labute approximate surface area is 120 Å². The van der Waals surface area contributed by atoms with Crippen LogP contribution in [0.3, 0.4) is 0 Å². The minimum atomic E-state index is -3.86. The lowest BCUT2D eigenvalue weighted by Gasteiger charge is -2.17. The highest BCUT2D eigenvalue weighted by atomic mass is 32.2. The second kappa shape index (κ2) is 5.50. The standard InChI is InChI=1S/C11H13N5O4S/c1-15(7-11-13-4-5-14-11)21(19,20)10-3-2-8(16(17)18)6-9(10)12/h2-6H,7,12H2,1H3,(H,13,14). The number of anilines is 1. The van der Waals surface area contributed by atoms with Crippen LogP contribution in [0.1, 0.15) is 5.82 Å². The van der Waals surface area contributed by atoms with E-state index in [4.69, 9.17) is 5.73 Å². The summed E-state index contributed by atoms with van der Waals surface area (Å²) in [6.07, 6.45) is 3.09. The van der Waals surface area contributed by atoms with Gasteiger partial charge in [0.2, 0.25) is 10.0 Å². The number of non-ortho nitro benzene ring substituents is 1. The van der Waals surface area contributed by atoms with E-state index in [1.807, 2.05) is 0 Å². The zero-order chi connectivity index (χ0) is 15.6. The summed E-state index contributed by atoms with van der Waals surface area (Å²) in [7, 11) is -2.49. The molecule has 2 rings (SSSR count). The fourth-order valence-electron chi connectivity index (χ4n) is 1.73. The molecule has 112 valence electrons. The molecule has 0 saturated heterocycles. The average molecular weight is 311 g/mol. The number of nitrogen functional groups attached to an aromatic ring is 1. The van der Waals surface area contributed by atoms with Crippen molar-refractivity contribution in [3.8, 4) is 0 Å². The predicted molar refractivity (Wildman–Crippen MR) is 74.7 cm³/mol. The number of H-pyrrole nitrogens is 1. The number of hydrogen-bond donors (Lipinski definition) is 2. The lowest BCUT2D eigenvalue weighted by Crippen LogP contribution is -2.27. The number of rotatable bonds is 5. The molecule has 0 atom stereocenters. The molecule has 2 aromatic rings. The number of aromatic nitrogens is 2. The van der Waals surface area contributed by atoms with Crippen LogP contribution in [0.25, 0.3) is 0 Å². The van der Waals surface area contributed by atoms with Crippen LogP contribution in [-0.4, -0.2) is 34.7 Å². The highest BCUT2D eigenvalue weighted by Gasteiger charge is 2.25. The molecule has 1 aromatic carbocycles. The highest BCUT2D eigenvalue weighted by molar-refractivity contribution is 7.89. The summed E-state index contributed by atoms with van der Waals surface area (Å²) in [5.74, 6) is 0.474. The van der Waals surface area contributed by atoms with Crippen LogP contribution >= 0.6 is 0 Å². The minimum absolute atomic E-state index is 0.0335. The van der Waals surface area contributed by atoms with Crippen molar-refractivity contribution in [3.63, 3.8) is 0 Å². The van der Waals surface area contributed by atoms with Gasteiger partial charge in [-0.2, -0.15) is 4.31 Å². The van der Waals surface area contributed by atoms with Crippen LogP contribution in [0.4, 0.5) is 11.4 Å². The van der Waals surface area contributed by atoms with Gasteiger partial charge in [-0.3, -0.25) is 10.1 Å². The van der Waals surface area contributed by atoms with E-state index in [0.29, 0.717) is 5.82 Å². The first kappa shape index (κ1) is 14.9. The number of nitrogens with zero attached hydrogens (tertiary/aromatic N) is 3. The molecule has 9 nitrogen and oxygen atoms in total. The van der Waals surface area contributed by atoms with Gasteiger partial charge in [-0.1, -0.05) is 0 Å². The van der Waals surface area contributed by atoms with Crippen LogP contribution in [0.2, 0.25) is 0 Å². The molecule has 0 bridgehead atoms. The van der Waals surface area contributed by atoms with Crippen LogP contribution in [0, 0.1) is 10.1 Å². The third kappa shape index (κ3) is 3.01. The second-order valence-corrected chi connectivity index (χ2v) is 6.29. The quantitative estimate of drug-likeness (QED) is 0.474. The molecule has 0 saturated carbocycles. The van der Waals surface area contributed by atoms with E-state index in [9.17, 15) is 18.5 Å². The number of imidazole rings is 1. The maximum Gasteiger partial charge on any atom is 0.271 e. The molecule has 21 heavy (non-hydrogen) atoms. The zero-order valence-electron chi connectivity index (χ0n) is 11.1. The fourth-order valence-corrected chi connectivity index (χ4v) is 2.96. The molecule has 0 spiro atoms. The van der Waals surface area contributed by atoms with Crippen molar-refractivity contribution in [2.45, 2.75) is 11.4 Å². The Hall–Kier alpha value is -2.46. The van der Waals surface area contributed by atoms with Gasteiger partial charge < -0.3 is 10.7 Å². The SMILES string of the molecule is CN(Cc1ncc[nH]1)S(=O)(=O)c1ccc([N+](=O)[O-])cc1N. The lowest BCUT2D eigenvalue weighted by molar-refractivity contribution is -0.384. The Morgan fingerprint density at radius 2 is 2.19 bits per heavy atom. The first-order valence-corrected chi connectivity index (χ1v) is 7.25. The Morgan fingerprint density at radius 3 is 2.71 bits per heavy atom. The molecule has 1 heterocycles. The van der Waals surface area contributed by atoms with Crippen molar-refractivity contribution in [1.29, 1.82) is 0 Å². The number of nitrogens with one attached hydrogen (secondary N) is 1. The Bertz CT molecular complexity index is 757. The normalized spacial score (nSPS) is 11.7. The maximum absolute atomic E-state index is 12.4. The summed E-state index contributed by atoms with van der Waals surface area (Å²) in [5.41, 5.74) is 5.19. The molecule has 0 aliphatic carbocycles. The Morgan fingerprint density at radius 1 is 1.48 bits per heavy atom. The molecule has 0 aliphatic heterocycles. The van der Waals surface area contributed by atoms with Gasteiger partial charge in [0.05, 0.1) is 17.2 Å². The first-order chi connectivity index (χ1) is 9.82. The van der Waals surface area contributed by atoms with Gasteiger partial charge in [-0.15, -0.1) is 0 Å². The number of nitrogens with two attached hydrogens (primary N) is 1. The molecule has 0 aliphatic rings. The van der Waals surface area contributed by atoms with Gasteiger partial charge >= 0.3 is 0 Å². The fraction of sp³-hybridized carbons (Fsp3) is 0.182. The number of nitro groups is 1. The number of aromatic amines is 1. The molecule has 3 N–H and O–H groups in total. The summed E-state index contributed by atoms with van der Waals surface area (Å²) < 4.78 is 25.8. The highest BCUT2D eigenvalue weighted by Crippen LogP contribution is 2.26. The van der Waals surface area contributed by atoms with Gasteiger partial charge in [0.15, 0.2) is 0 Å². The Kier molecular flexibility index (Phi) is 3.91. The second-order valence-electron chi connectivity index (χ2n) is 4.28. The molecule has 0 amide bonds. The van der Waals surface area contributed by atoms with E-state index in [1.54, 1.807) is 6.20 Å². The van der Waals surface area contributed by atoms with E-state index in [2.05, 4.69) is 9.97 Å². The van der Waals surface area contributed by atoms with E-state index >= 15 is 0 Å². The van der Waals surface area contributed by atoms with Crippen molar-refractivity contribution < 1.29 is 13.3 Å². The lowest BCUT2D eigenvalue weighted by atomic mass is 10.3. The van der Waals surface area contributed by atoms with Gasteiger partial charge in [0, 0.05) is 31.6 Å². The summed E-state index contributed by atoms with van der Waals surface area (Å²) in [5, 5.41) is 10.6. The van der Waals surface area contributed by atoms with Crippen LogP contribution in [-0.2, 0) is 16.6 Å². The molecular weight excluding hydrogens is 298 g/mol. The summed E-state index contributed by atoms with van der Waals surface area (Å²) in [4.78, 5) is 16.6. The van der Waals surface area contributed by atoms with Gasteiger partial charge in [0.25, 0.3) is 5.69 Å². The largest absolute Gasteiger partial charge is 0.397 e. The van der Waals surface area contributed by atoms with Crippen LogP contribution < -0.4 is 5.73 Å². The number of sulfonamides is 1. The van der Waals surface area contributed by atoms with Crippen molar-refractivity contribution in [3.05, 3.63) is 46.5 Å². The third-order valence-corrected chi connectivity index (χ3v) is 4.70. The van der Waals surface area contributed by atoms with Gasteiger partial charge in [-0.25, -0.2) is 13.4 Å². The number of nitro benzene ring substituents is 1. The van der Waals surface area contributed by atoms with Crippen molar-refractivity contribution >= 4 is 21.4 Å². The average Bonchev–Trinajstić information content (AvgIpc) is 2.90. The molecule has 10 heteroatoms. The van der Waals surface area contributed by atoms with E-state index in [0.717, 1.165) is 22.5 Å². The van der Waals surface area contributed by atoms with Gasteiger partial charge in [0.1, 0.15) is 10.7 Å². The molecule has 1 aromatic heterocycles. The predicted octanol–water partition coefficient (Wildman–Crippen LogP) is 0.721. The number of benzene rings is 1. The van der Waals surface area contributed by atoms with E-state index in [1.165, 1.54) is 13.2 Å². The van der Waals surface area contributed by atoms with Gasteiger partial charge in [-0.05, 0) is 6.07 Å². The van der Waals surface area contributed by atoms with E-state index < -0.39 is 14.9 Å². The molecular formula is C11H13N5O4S. The van der Waals surface area contributed by atoms with E-state index in [-0.39, 0.29) is 22.8 Å². The summed E-state index contributed by atoms with van der Waals surface area (Å²) in [6.45, 7) is 0.0335. The molecule has 0 fully saturated rings. The topological polar surface area (TPSA) is 135 Å². The third-order valence-electron chi connectivity index (χ3n) is 2.82. The number of hydrogen-bond acceptors (Lipinski definition) is 6. The summed E-state index contributed by atoms with van der Waals surface area (Å²) >= 11 is 0. The molecule has 0 radical (unpaired) electrons. The van der Waals surface area contributed by atoms with Crippen molar-refractivity contribution in [1.82, 2.24) is 14.3 Å². The van der Waals surface area contributed by atoms with Crippen molar-refractivity contribution in [2.75, 3.05) is 12.8 Å². The minimum Gasteiger partial charge on any atom is -0.397 e. The Balaban J connectivity index is 2.33. The van der Waals surface area contributed by atoms with Crippen LogP contribution in [0.15, 0.2) is 35.5 Å². The summed E-state index contributed by atoms with van der Waals surface area (Å²) in [6, 6.07) is 3.25. The molecule has 0 unspecified atom stereocenters.